The van der Waals surface area contributed by atoms with Crippen molar-refractivity contribution in [3.63, 3.8) is 0 Å². The van der Waals surface area contributed by atoms with Crippen LogP contribution in [-0.4, -0.2) is 28.4 Å². The van der Waals surface area contributed by atoms with Crippen molar-refractivity contribution in [2.45, 2.75) is 25.2 Å². The standard InChI is InChI=1S/C18H19FN3O2P/c1-12-4-2-3-5-13(12)14-6-8-20-16(15(14)22(23)24)21-9-7-17(11-21)10-18(17,19)25/h2-6,8H,7,9-11,25H2,1H3. The van der Waals surface area contributed by atoms with Crippen LogP contribution in [0.5, 0.6) is 0 Å². The number of aryl methyl sites for hydroxylation is 1. The summed E-state index contributed by atoms with van der Waals surface area (Å²) in [4.78, 5) is 17.6. The zero-order valence-electron chi connectivity index (χ0n) is 13.9. The summed E-state index contributed by atoms with van der Waals surface area (Å²) in [7, 11) is 2.30. The Kier molecular flexibility index (Phi) is 3.58. The molecule has 25 heavy (non-hydrogen) atoms. The van der Waals surface area contributed by atoms with E-state index >= 15 is 0 Å². The Morgan fingerprint density at radius 3 is 2.64 bits per heavy atom. The van der Waals surface area contributed by atoms with Crippen molar-refractivity contribution in [2.75, 3.05) is 18.0 Å². The number of pyridine rings is 1. The molecule has 0 radical (unpaired) electrons. The molecular formula is C18H19FN3O2P. The molecule has 1 aliphatic carbocycles. The molecule has 1 aromatic carbocycles. The second-order valence-electron chi connectivity index (χ2n) is 7.09. The Hall–Kier alpha value is -2.07. The van der Waals surface area contributed by atoms with Gasteiger partial charge in [-0.05, 0) is 37.0 Å². The minimum Gasteiger partial charge on any atom is -0.350 e. The Bertz CT molecular complexity index is 873. The van der Waals surface area contributed by atoms with Crippen molar-refractivity contribution >= 4 is 20.7 Å². The lowest BCUT2D eigenvalue weighted by molar-refractivity contribution is -0.383. The number of benzene rings is 1. The first-order valence-corrected chi connectivity index (χ1v) is 8.85. The van der Waals surface area contributed by atoms with Crippen LogP contribution >= 0.6 is 9.24 Å². The van der Waals surface area contributed by atoms with Gasteiger partial charge in [-0.15, -0.1) is 0 Å². The molecule has 2 heterocycles. The van der Waals surface area contributed by atoms with Crippen molar-refractivity contribution < 1.29 is 9.31 Å². The summed E-state index contributed by atoms with van der Waals surface area (Å²) in [5.74, 6) is 0.343. The van der Waals surface area contributed by atoms with E-state index in [2.05, 4.69) is 14.2 Å². The summed E-state index contributed by atoms with van der Waals surface area (Å²) in [5, 5.41) is 10.6. The maximum absolute atomic E-state index is 14.3. The summed E-state index contributed by atoms with van der Waals surface area (Å²) in [5.41, 5.74) is 1.95. The molecule has 2 aromatic rings. The van der Waals surface area contributed by atoms with Crippen molar-refractivity contribution in [1.82, 2.24) is 4.98 Å². The highest BCUT2D eigenvalue weighted by atomic mass is 31.0. The van der Waals surface area contributed by atoms with E-state index in [0.29, 0.717) is 37.3 Å². The summed E-state index contributed by atoms with van der Waals surface area (Å²) >= 11 is 0. The molecule has 0 amide bonds. The van der Waals surface area contributed by atoms with E-state index in [1.807, 2.05) is 36.1 Å². The fraction of sp³-hybridized carbons (Fsp3) is 0.389. The van der Waals surface area contributed by atoms with E-state index in [0.717, 1.165) is 11.1 Å². The van der Waals surface area contributed by atoms with Crippen LogP contribution in [0.3, 0.4) is 0 Å². The van der Waals surface area contributed by atoms with Crippen molar-refractivity contribution in [3.8, 4) is 11.1 Å². The molecule has 1 saturated heterocycles. The van der Waals surface area contributed by atoms with Gasteiger partial charge in [-0.25, -0.2) is 9.37 Å². The molecule has 3 atom stereocenters. The number of rotatable bonds is 3. The highest BCUT2D eigenvalue weighted by Crippen LogP contribution is 2.68. The molecule has 4 rings (SSSR count). The van der Waals surface area contributed by atoms with E-state index in [-0.39, 0.29) is 10.6 Å². The number of alkyl halides is 1. The van der Waals surface area contributed by atoms with Crippen LogP contribution in [0.1, 0.15) is 18.4 Å². The van der Waals surface area contributed by atoms with Crippen LogP contribution in [0.15, 0.2) is 36.5 Å². The van der Waals surface area contributed by atoms with Crippen LogP contribution in [0.25, 0.3) is 11.1 Å². The van der Waals surface area contributed by atoms with Gasteiger partial charge in [0.05, 0.1) is 10.5 Å². The summed E-state index contributed by atoms with van der Waals surface area (Å²) < 4.78 is 14.3. The van der Waals surface area contributed by atoms with E-state index in [1.165, 1.54) is 0 Å². The number of aromatic nitrogens is 1. The highest BCUT2D eigenvalue weighted by Gasteiger charge is 2.68. The molecule has 3 unspecified atom stereocenters. The number of nitro groups is 1. The fourth-order valence-corrected chi connectivity index (χ4v) is 4.56. The first-order chi connectivity index (χ1) is 11.8. The quantitative estimate of drug-likeness (QED) is 0.470. The van der Waals surface area contributed by atoms with Gasteiger partial charge in [0.15, 0.2) is 0 Å². The third-order valence-corrected chi connectivity index (χ3v) is 6.34. The van der Waals surface area contributed by atoms with E-state index < -0.39 is 10.8 Å². The lowest BCUT2D eigenvalue weighted by atomic mass is 10.00. The van der Waals surface area contributed by atoms with Gasteiger partial charge in [0.25, 0.3) is 0 Å². The number of anilines is 1. The van der Waals surface area contributed by atoms with Crippen molar-refractivity contribution in [3.05, 3.63) is 52.2 Å². The Balaban J connectivity index is 1.79. The van der Waals surface area contributed by atoms with Gasteiger partial charge < -0.3 is 4.90 Å². The van der Waals surface area contributed by atoms with Crippen LogP contribution in [0.2, 0.25) is 0 Å². The Morgan fingerprint density at radius 2 is 2.04 bits per heavy atom. The molecule has 7 heteroatoms. The molecule has 1 aromatic heterocycles. The lowest BCUT2D eigenvalue weighted by Gasteiger charge is -2.19. The van der Waals surface area contributed by atoms with E-state index in [9.17, 15) is 14.5 Å². The highest BCUT2D eigenvalue weighted by molar-refractivity contribution is 7.19. The van der Waals surface area contributed by atoms with Crippen LogP contribution < -0.4 is 4.90 Å². The maximum Gasteiger partial charge on any atom is 0.319 e. The second-order valence-corrected chi connectivity index (χ2v) is 8.01. The third kappa shape index (κ3) is 2.51. The van der Waals surface area contributed by atoms with Crippen molar-refractivity contribution in [1.29, 1.82) is 0 Å². The topological polar surface area (TPSA) is 59.3 Å². The van der Waals surface area contributed by atoms with Crippen LogP contribution in [0, 0.1) is 22.5 Å². The van der Waals surface area contributed by atoms with Gasteiger partial charge in [0, 0.05) is 24.7 Å². The van der Waals surface area contributed by atoms with Gasteiger partial charge in [-0.2, -0.15) is 0 Å². The molecule has 2 fully saturated rings. The lowest BCUT2D eigenvalue weighted by Crippen LogP contribution is -2.24. The smallest absolute Gasteiger partial charge is 0.319 e. The van der Waals surface area contributed by atoms with Gasteiger partial charge in [0.2, 0.25) is 5.82 Å². The monoisotopic (exact) mass is 359 g/mol. The number of halogens is 1. The van der Waals surface area contributed by atoms with Gasteiger partial charge >= 0.3 is 5.69 Å². The number of nitrogens with zero attached hydrogens (tertiary/aromatic N) is 3. The summed E-state index contributed by atoms with van der Waals surface area (Å²) in [6, 6.07) is 9.27. The third-order valence-electron chi connectivity index (χ3n) is 5.53. The van der Waals surface area contributed by atoms with Crippen LogP contribution in [-0.2, 0) is 0 Å². The largest absolute Gasteiger partial charge is 0.350 e. The minimum atomic E-state index is -1.25. The Labute approximate surface area is 147 Å². The first-order valence-electron chi connectivity index (χ1n) is 8.27. The summed E-state index contributed by atoms with van der Waals surface area (Å²) in [6.45, 7) is 2.99. The van der Waals surface area contributed by atoms with E-state index in [1.54, 1.807) is 12.3 Å². The zero-order valence-corrected chi connectivity index (χ0v) is 15.1. The van der Waals surface area contributed by atoms with Gasteiger partial charge in [-0.1, -0.05) is 33.5 Å². The minimum absolute atomic E-state index is 0.00251. The molecule has 1 spiro atoms. The molecule has 1 aliphatic heterocycles. The first kappa shape index (κ1) is 16.4. The maximum atomic E-state index is 14.3. The van der Waals surface area contributed by atoms with Crippen LogP contribution in [0.4, 0.5) is 15.9 Å². The second kappa shape index (κ2) is 5.46. The van der Waals surface area contributed by atoms with Gasteiger partial charge in [0.1, 0.15) is 5.41 Å². The average molecular weight is 359 g/mol. The van der Waals surface area contributed by atoms with E-state index in [4.69, 9.17) is 0 Å². The number of hydrogen-bond acceptors (Lipinski definition) is 4. The average Bonchev–Trinajstić information content (AvgIpc) is 2.91. The fourth-order valence-electron chi connectivity index (χ4n) is 3.93. The SMILES string of the molecule is Cc1ccccc1-c1ccnc(N2CCC3(C2)CC3(F)P)c1[N+](=O)[O-]. The molecular weight excluding hydrogens is 340 g/mol. The summed E-state index contributed by atoms with van der Waals surface area (Å²) in [6.07, 6.45) is 2.79. The zero-order chi connectivity index (χ0) is 17.8. The number of hydrogen-bond donors (Lipinski definition) is 0. The predicted molar refractivity (Wildman–Crippen MR) is 98.5 cm³/mol. The van der Waals surface area contributed by atoms with Gasteiger partial charge in [-0.3, -0.25) is 10.1 Å². The molecule has 0 bridgehead atoms. The van der Waals surface area contributed by atoms with Crippen molar-refractivity contribution in [2.24, 2.45) is 5.41 Å². The molecule has 5 nitrogen and oxygen atoms in total. The Morgan fingerprint density at radius 1 is 1.32 bits per heavy atom. The molecule has 2 aliphatic rings. The normalized spacial score (nSPS) is 27.7. The molecule has 130 valence electrons. The molecule has 1 saturated carbocycles. The predicted octanol–water partition coefficient (Wildman–Crippen LogP) is 4.11. The molecule has 0 N–H and O–H groups in total.